The fourth-order valence-corrected chi connectivity index (χ4v) is 2.89. The van der Waals surface area contributed by atoms with E-state index in [-0.39, 0.29) is 11.4 Å². The topological polar surface area (TPSA) is 56.8 Å². The Labute approximate surface area is 128 Å². The zero-order valence-corrected chi connectivity index (χ0v) is 12.4. The van der Waals surface area contributed by atoms with Gasteiger partial charge in [0.1, 0.15) is 13.2 Å². The van der Waals surface area contributed by atoms with Gasteiger partial charge in [-0.05, 0) is 31.0 Å². The van der Waals surface area contributed by atoms with Crippen molar-refractivity contribution in [1.82, 2.24) is 5.32 Å². The number of carbonyl (C=O) groups is 1. The van der Waals surface area contributed by atoms with E-state index in [4.69, 9.17) is 25.8 Å². The van der Waals surface area contributed by atoms with E-state index in [1.807, 2.05) is 0 Å². The second kappa shape index (κ2) is 6.12. The van der Waals surface area contributed by atoms with Gasteiger partial charge in [0.2, 0.25) is 0 Å². The van der Waals surface area contributed by atoms with Crippen LogP contribution in [0, 0.1) is 0 Å². The molecule has 2 aliphatic rings. The highest BCUT2D eigenvalue weighted by Gasteiger charge is 2.33. The summed E-state index contributed by atoms with van der Waals surface area (Å²) in [6.07, 6.45) is 1.46. The molecule has 0 spiro atoms. The van der Waals surface area contributed by atoms with Crippen molar-refractivity contribution in [3.63, 3.8) is 0 Å². The Balaban J connectivity index is 1.75. The van der Waals surface area contributed by atoms with Crippen LogP contribution in [0.3, 0.4) is 0 Å². The van der Waals surface area contributed by atoms with Crippen molar-refractivity contribution in [2.24, 2.45) is 0 Å². The second-order valence-corrected chi connectivity index (χ2v) is 5.61. The summed E-state index contributed by atoms with van der Waals surface area (Å²) in [6, 6.07) is 5.22. The smallest absolute Gasteiger partial charge is 0.251 e. The van der Waals surface area contributed by atoms with Gasteiger partial charge in [0, 0.05) is 24.7 Å². The number of fused-ring (bicyclic) bond motifs is 1. The fourth-order valence-electron chi connectivity index (χ4n) is 2.55. The number of alkyl halides is 1. The molecule has 1 N–H and O–H groups in total. The lowest BCUT2D eigenvalue weighted by Crippen LogP contribution is -2.53. The highest BCUT2D eigenvalue weighted by Crippen LogP contribution is 2.31. The molecule has 114 valence electrons. The van der Waals surface area contributed by atoms with Gasteiger partial charge in [-0.3, -0.25) is 4.79 Å². The molecule has 3 rings (SSSR count). The lowest BCUT2D eigenvalue weighted by molar-refractivity contribution is 0.0433. The number of rotatable bonds is 3. The molecule has 1 fully saturated rings. The molecule has 1 aromatic carbocycles. The van der Waals surface area contributed by atoms with Crippen molar-refractivity contribution in [1.29, 1.82) is 0 Å². The molecule has 0 saturated carbocycles. The zero-order chi connectivity index (χ0) is 14.7. The van der Waals surface area contributed by atoms with Crippen molar-refractivity contribution < 1.29 is 19.0 Å². The molecule has 1 aromatic rings. The Hall–Kier alpha value is -1.46. The van der Waals surface area contributed by atoms with E-state index in [2.05, 4.69) is 5.32 Å². The van der Waals surface area contributed by atoms with Gasteiger partial charge in [0.15, 0.2) is 11.5 Å². The maximum atomic E-state index is 12.5. The minimum atomic E-state index is -0.385. The van der Waals surface area contributed by atoms with E-state index in [0.29, 0.717) is 49.4 Å². The summed E-state index contributed by atoms with van der Waals surface area (Å²) in [5.41, 5.74) is 0.166. The fraction of sp³-hybridized carbons (Fsp3) is 0.533. The van der Waals surface area contributed by atoms with Crippen molar-refractivity contribution in [2.45, 2.75) is 18.4 Å². The molecule has 21 heavy (non-hydrogen) atoms. The van der Waals surface area contributed by atoms with E-state index in [1.54, 1.807) is 18.2 Å². The number of benzene rings is 1. The molecule has 2 aliphatic heterocycles. The predicted octanol–water partition coefficient (Wildman–Crippen LogP) is 1.98. The van der Waals surface area contributed by atoms with Crippen LogP contribution >= 0.6 is 11.6 Å². The highest BCUT2D eigenvalue weighted by atomic mass is 35.5. The molecule has 1 saturated heterocycles. The summed E-state index contributed by atoms with van der Waals surface area (Å²) in [7, 11) is 0. The van der Waals surface area contributed by atoms with Crippen LogP contribution in [0.4, 0.5) is 0 Å². The molecule has 0 atom stereocenters. The minimum absolute atomic E-state index is 0.144. The SMILES string of the molecule is O=C(NC1(CCl)CCOCC1)c1ccc2c(c1)OCCO2. The number of hydrogen-bond acceptors (Lipinski definition) is 4. The Morgan fingerprint density at radius 2 is 1.86 bits per heavy atom. The third-order valence-electron chi connectivity index (χ3n) is 3.89. The lowest BCUT2D eigenvalue weighted by Gasteiger charge is -2.36. The van der Waals surface area contributed by atoms with Crippen LogP contribution in [-0.4, -0.2) is 43.8 Å². The van der Waals surface area contributed by atoms with Gasteiger partial charge in [-0.2, -0.15) is 0 Å². The molecular weight excluding hydrogens is 294 g/mol. The van der Waals surface area contributed by atoms with E-state index in [9.17, 15) is 4.79 Å². The van der Waals surface area contributed by atoms with Crippen LogP contribution in [0.2, 0.25) is 0 Å². The van der Waals surface area contributed by atoms with Crippen LogP contribution in [0.1, 0.15) is 23.2 Å². The largest absolute Gasteiger partial charge is 0.486 e. The van der Waals surface area contributed by atoms with E-state index >= 15 is 0 Å². The van der Waals surface area contributed by atoms with Gasteiger partial charge in [-0.25, -0.2) is 0 Å². The average Bonchev–Trinajstić information content (AvgIpc) is 2.55. The third kappa shape index (κ3) is 3.09. The third-order valence-corrected chi connectivity index (χ3v) is 4.40. The average molecular weight is 312 g/mol. The minimum Gasteiger partial charge on any atom is -0.486 e. The Morgan fingerprint density at radius 1 is 1.14 bits per heavy atom. The van der Waals surface area contributed by atoms with Crippen LogP contribution in [0.25, 0.3) is 0 Å². The number of hydrogen-bond donors (Lipinski definition) is 1. The van der Waals surface area contributed by atoms with Crippen molar-refractivity contribution in [3.05, 3.63) is 23.8 Å². The van der Waals surface area contributed by atoms with Crippen molar-refractivity contribution in [3.8, 4) is 11.5 Å². The van der Waals surface area contributed by atoms with Crippen LogP contribution < -0.4 is 14.8 Å². The number of amides is 1. The molecule has 0 unspecified atom stereocenters. The number of halogens is 1. The summed E-state index contributed by atoms with van der Waals surface area (Å²) in [5.74, 6) is 1.53. The summed E-state index contributed by atoms with van der Waals surface area (Å²) >= 11 is 6.07. The molecule has 1 amide bonds. The quantitative estimate of drug-likeness (QED) is 0.867. The molecule has 0 aliphatic carbocycles. The summed E-state index contributed by atoms with van der Waals surface area (Å²) in [5, 5.41) is 3.06. The number of ether oxygens (including phenoxy) is 3. The number of carbonyl (C=O) groups excluding carboxylic acids is 1. The first kappa shape index (κ1) is 14.5. The molecule has 5 nitrogen and oxygen atoms in total. The maximum absolute atomic E-state index is 12.5. The first-order valence-corrected chi connectivity index (χ1v) is 7.62. The van der Waals surface area contributed by atoms with E-state index < -0.39 is 0 Å². The molecule has 0 radical (unpaired) electrons. The zero-order valence-electron chi connectivity index (χ0n) is 11.7. The Kier molecular flexibility index (Phi) is 4.22. The molecule has 0 bridgehead atoms. The predicted molar refractivity (Wildman–Crippen MR) is 78.4 cm³/mol. The first-order valence-electron chi connectivity index (χ1n) is 7.08. The maximum Gasteiger partial charge on any atom is 0.251 e. The monoisotopic (exact) mass is 311 g/mol. The van der Waals surface area contributed by atoms with E-state index in [1.165, 1.54) is 0 Å². The second-order valence-electron chi connectivity index (χ2n) is 5.34. The van der Waals surface area contributed by atoms with Gasteiger partial charge in [0.05, 0.1) is 5.54 Å². The lowest BCUT2D eigenvalue weighted by atomic mass is 9.92. The van der Waals surface area contributed by atoms with E-state index in [0.717, 1.165) is 12.8 Å². The molecular formula is C15H18ClNO4. The number of nitrogens with one attached hydrogen (secondary N) is 1. The normalized spacial score (nSPS) is 19.9. The van der Waals surface area contributed by atoms with Crippen LogP contribution in [-0.2, 0) is 4.74 Å². The highest BCUT2D eigenvalue weighted by molar-refractivity contribution is 6.19. The molecule has 6 heteroatoms. The summed E-state index contributed by atoms with van der Waals surface area (Å²) in [4.78, 5) is 12.5. The Morgan fingerprint density at radius 3 is 2.57 bits per heavy atom. The van der Waals surface area contributed by atoms with Crippen LogP contribution in [0.15, 0.2) is 18.2 Å². The Bertz CT molecular complexity index is 528. The van der Waals surface area contributed by atoms with Gasteiger partial charge < -0.3 is 19.5 Å². The van der Waals surface area contributed by atoms with Crippen LogP contribution in [0.5, 0.6) is 11.5 Å². The van der Waals surface area contributed by atoms with Crippen molar-refractivity contribution in [2.75, 3.05) is 32.3 Å². The molecule has 0 aromatic heterocycles. The van der Waals surface area contributed by atoms with Gasteiger partial charge in [-0.15, -0.1) is 11.6 Å². The van der Waals surface area contributed by atoms with Gasteiger partial charge in [0.25, 0.3) is 5.91 Å². The van der Waals surface area contributed by atoms with Gasteiger partial charge >= 0.3 is 0 Å². The van der Waals surface area contributed by atoms with Crippen molar-refractivity contribution >= 4 is 17.5 Å². The molecule has 2 heterocycles. The summed E-state index contributed by atoms with van der Waals surface area (Å²) in [6.45, 7) is 2.28. The van der Waals surface area contributed by atoms with Gasteiger partial charge in [-0.1, -0.05) is 0 Å². The summed E-state index contributed by atoms with van der Waals surface area (Å²) < 4.78 is 16.3. The first-order chi connectivity index (χ1) is 10.2. The standard InChI is InChI=1S/C15H18ClNO4/c16-10-15(3-5-19-6-4-15)17-14(18)11-1-2-12-13(9-11)21-8-7-20-12/h1-2,9H,3-8,10H2,(H,17,18).